The van der Waals surface area contributed by atoms with Crippen LogP contribution in [0.15, 0.2) is 24.3 Å². The predicted molar refractivity (Wildman–Crippen MR) is 206 cm³/mol. The lowest BCUT2D eigenvalue weighted by Crippen LogP contribution is -2.44. The standard InChI is InChI=1S/C43H82N2O/c1-3-5-7-9-11-13-15-17-19-21-23-25-27-29-31-35-39-44-41-37-33-34-38-42-45(43(44)46)40-36-32-30-28-26-24-22-20-18-16-14-12-10-8-6-4-2/h17-20H,3-16,21-42H2,1-2H3. The van der Waals surface area contributed by atoms with E-state index >= 15 is 0 Å². The van der Waals surface area contributed by atoms with Crippen LogP contribution in [0.2, 0.25) is 0 Å². The number of hydrogen-bond acceptors (Lipinski definition) is 1. The van der Waals surface area contributed by atoms with Gasteiger partial charge in [-0.25, -0.2) is 4.79 Å². The number of hydrogen-bond donors (Lipinski definition) is 0. The Kier molecular flexibility index (Phi) is 32.6. The van der Waals surface area contributed by atoms with Crippen LogP contribution in [0.25, 0.3) is 0 Å². The van der Waals surface area contributed by atoms with Crippen LogP contribution >= 0.6 is 0 Å². The summed E-state index contributed by atoms with van der Waals surface area (Å²) in [5, 5.41) is 0. The van der Waals surface area contributed by atoms with Gasteiger partial charge in [0.25, 0.3) is 0 Å². The molecule has 270 valence electrons. The highest BCUT2D eigenvalue weighted by molar-refractivity contribution is 5.74. The van der Waals surface area contributed by atoms with Crippen molar-refractivity contribution in [3.63, 3.8) is 0 Å². The lowest BCUT2D eigenvalue weighted by atomic mass is 10.1. The lowest BCUT2D eigenvalue weighted by molar-refractivity contribution is 0.152. The van der Waals surface area contributed by atoms with Crippen LogP contribution in [-0.2, 0) is 0 Å². The van der Waals surface area contributed by atoms with Crippen LogP contribution in [0.1, 0.15) is 219 Å². The number of rotatable bonds is 32. The van der Waals surface area contributed by atoms with Crippen molar-refractivity contribution in [3.8, 4) is 0 Å². The Labute approximate surface area is 289 Å². The van der Waals surface area contributed by atoms with Crippen molar-refractivity contribution in [3.05, 3.63) is 24.3 Å². The van der Waals surface area contributed by atoms with Crippen molar-refractivity contribution in [1.29, 1.82) is 0 Å². The van der Waals surface area contributed by atoms with E-state index in [4.69, 9.17) is 0 Å². The monoisotopic (exact) mass is 643 g/mol. The summed E-state index contributed by atoms with van der Waals surface area (Å²) in [5.74, 6) is 0. The Morgan fingerprint density at radius 3 is 1.00 bits per heavy atom. The number of urea groups is 1. The molecule has 0 aromatic rings. The van der Waals surface area contributed by atoms with Crippen molar-refractivity contribution in [1.82, 2.24) is 9.80 Å². The van der Waals surface area contributed by atoms with E-state index in [1.807, 2.05) is 0 Å². The summed E-state index contributed by atoms with van der Waals surface area (Å²) in [5.41, 5.74) is 0. The second-order valence-electron chi connectivity index (χ2n) is 14.5. The molecule has 0 N–H and O–H groups in total. The zero-order valence-electron chi connectivity index (χ0n) is 31.6. The molecule has 46 heavy (non-hydrogen) atoms. The van der Waals surface area contributed by atoms with Gasteiger partial charge >= 0.3 is 6.03 Å². The van der Waals surface area contributed by atoms with Gasteiger partial charge in [0.05, 0.1) is 0 Å². The van der Waals surface area contributed by atoms with Gasteiger partial charge in [-0.3, -0.25) is 0 Å². The minimum absolute atomic E-state index is 0.336. The third kappa shape index (κ3) is 27.8. The number of carbonyl (C=O) groups is 1. The predicted octanol–water partition coefficient (Wildman–Crippen LogP) is 14.4. The van der Waals surface area contributed by atoms with Gasteiger partial charge < -0.3 is 9.80 Å². The molecule has 2 amide bonds. The molecule has 0 atom stereocenters. The number of nitrogens with zero attached hydrogens (tertiary/aromatic N) is 2. The van der Waals surface area contributed by atoms with E-state index in [0.29, 0.717) is 6.03 Å². The van der Waals surface area contributed by atoms with Crippen molar-refractivity contribution < 1.29 is 4.79 Å². The van der Waals surface area contributed by atoms with Crippen LogP contribution in [0, 0.1) is 0 Å². The molecule has 0 unspecified atom stereocenters. The molecule has 1 heterocycles. The summed E-state index contributed by atoms with van der Waals surface area (Å²) in [4.78, 5) is 17.9. The summed E-state index contributed by atoms with van der Waals surface area (Å²) in [6.07, 6.45) is 52.0. The molecular weight excluding hydrogens is 560 g/mol. The van der Waals surface area contributed by atoms with Gasteiger partial charge in [-0.15, -0.1) is 0 Å². The van der Waals surface area contributed by atoms with Crippen LogP contribution in [0.5, 0.6) is 0 Å². The van der Waals surface area contributed by atoms with E-state index in [2.05, 4.69) is 48.0 Å². The highest BCUT2D eigenvalue weighted by Crippen LogP contribution is 2.16. The number of unbranched alkanes of at least 4 members (excludes halogenated alkanes) is 24. The molecule has 3 heteroatoms. The fourth-order valence-corrected chi connectivity index (χ4v) is 6.87. The maximum absolute atomic E-state index is 13.5. The number of allylic oxidation sites excluding steroid dienone is 4. The van der Waals surface area contributed by atoms with Crippen LogP contribution < -0.4 is 0 Å². The van der Waals surface area contributed by atoms with E-state index in [1.54, 1.807) is 0 Å². The minimum Gasteiger partial charge on any atom is -0.325 e. The maximum Gasteiger partial charge on any atom is 0.319 e. The molecular formula is C43H82N2O. The molecule has 3 nitrogen and oxygen atoms in total. The third-order valence-electron chi connectivity index (χ3n) is 10.0. The number of amides is 2. The summed E-state index contributed by atoms with van der Waals surface area (Å²) >= 11 is 0. The van der Waals surface area contributed by atoms with E-state index in [9.17, 15) is 4.79 Å². The van der Waals surface area contributed by atoms with E-state index in [-0.39, 0.29) is 0 Å². The topological polar surface area (TPSA) is 23.6 Å². The second kappa shape index (κ2) is 35.1. The second-order valence-corrected chi connectivity index (χ2v) is 14.5. The molecule has 0 aliphatic carbocycles. The van der Waals surface area contributed by atoms with Crippen molar-refractivity contribution >= 4 is 6.03 Å². The zero-order chi connectivity index (χ0) is 33.0. The summed E-state index contributed by atoms with van der Waals surface area (Å²) in [6.45, 7) is 8.44. The van der Waals surface area contributed by atoms with Gasteiger partial charge in [-0.1, -0.05) is 167 Å². The summed E-state index contributed by atoms with van der Waals surface area (Å²) in [6, 6.07) is 0.336. The van der Waals surface area contributed by atoms with Gasteiger partial charge in [0.1, 0.15) is 0 Å². The van der Waals surface area contributed by atoms with Crippen molar-refractivity contribution in [2.24, 2.45) is 0 Å². The van der Waals surface area contributed by atoms with Gasteiger partial charge in [0.2, 0.25) is 0 Å². The lowest BCUT2D eigenvalue weighted by Gasteiger charge is -2.30. The Bertz CT molecular complexity index is 630. The Morgan fingerprint density at radius 1 is 0.391 bits per heavy atom. The first-order valence-corrected chi connectivity index (χ1v) is 21.1. The van der Waals surface area contributed by atoms with Crippen molar-refractivity contribution in [2.75, 3.05) is 26.2 Å². The van der Waals surface area contributed by atoms with Gasteiger partial charge in [0, 0.05) is 26.2 Å². The van der Waals surface area contributed by atoms with Crippen LogP contribution in [-0.4, -0.2) is 42.0 Å². The fourth-order valence-electron chi connectivity index (χ4n) is 6.87. The Hall–Kier alpha value is -1.25. The molecule has 0 bridgehead atoms. The first-order chi connectivity index (χ1) is 22.8. The SMILES string of the molecule is CCCCCCCCC=CCCCCCCCCN1CCCCCCN(CCCCCCCCC=CCCCCCCCC)C1=O. The maximum atomic E-state index is 13.5. The Morgan fingerprint density at radius 2 is 0.674 bits per heavy atom. The van der Waals surface area contributed by atoms with E-state index in [1.165, 1.54) is 205 Å². The summed E-state index contributed by atoms with van der Waals surface area (Å²) in [7, 11) is 0. The van der Waals surface area contributed by atoms with Crippen molar-refractivity contribution in [2.45, 2.75) is 219 Å². The molecule has 1 aliphatic rings. The normalized spacial score (nSPS) is 14.9. The molecule has 1 rings (SSSR count). The molecule has 0 saturated carbocycles. The quantitative estimate of drug-likeness (QED) is 0.0529. The first kappa shape index (κ1) is 42.8. The average Bonchev–Trinajstić information content (AvgIpc) is 3.15. The van der Waals surface area contributed by atoms with E-state index in [0.717, 1.165) is 26.2 Å². The molecule has 1 fully saturated rings. The molecule has 1 aliphatic heterocycles. The highest BCUT2D eigenvalue weighted by Gasteiger charge is 2.21. The average molecular weight is 643 g/mol. The van der Waals surface area contributed by atoms with E-state index < -0.39 is 0 Å². The molecule has 0 spiro atoms. The van der Waals surface area contributed by atoms with Gasteiger partial charge in [-0.05, 0) is 77.0 Å². The van der Waals surface area contributed by atoms with Gasteiger partial charge in [-0.2, -0.15) is 0 Å². The largest absolute Gasteiger partial charge is 0.325 e. The summed E-state index contributed by atoms with van der Waals surface area (Å²) < 4.78 is 0. The molecule has 0 aromatic carbocycles. The third-order valence-corrected chi connectivity index (χ3v) is 10.0. The number of carbonyl (C=O) groups excluding carboxylic acids is 1. The zero-order valence-corrected chi connectivity index (χ0v) is 31.6. The Balaban J connectivity index is 2.06. The van der Waals surface area contributed by atoms with Crippen LogP contribution in [0.4, 0.5) is 4.79 Å². The highest BCUT2D eigenvalue weighted by atomic mass is 16.2. The smallest absolute Gasteiger partial charge is 0.319 e. The molecule has 0 aromatic heterocycles. The van der Waals surface area contributed by atoms with Crippen LogP contribution in [0.3, 0.4) is 0 Å². The fraction of sp³-hybridized carbons (Fsp3) is 0.884. The van der Waals surface area contributed by atoms with Gasteiger partial charge in [0.15, 0.2) is 0 Å². The molecule has 1 saturated heterocycles. The first-order valence-electron chi connectivity index (χ1n) is 21.1. The minimum atomic E-state index is 0.336. The molecule has 0 radical (unpaired) electrons.